The number of hydrogen-bond acceptors (Lipinski definition) is 15. The molecule has 0 heterocycles. The second-order valence-electron chi connectivity index (χ2n) is 24.8. The highest BCUT2D eigenvalue weighted by molar-refractivity contribution is 7.47. The van der Waals surface area contributed by atoms with Gasteiger partial charge in [-0.1, -0.05) is 246 Å². The molecule has 0 spiro atoms. The zero-order valence-corrected chi connectivity index (χ0v) is 63.0. The summed E-state index contributed by atoms with van der Waals surface area (Å²) in [5.41, 5.74) is 0. The number of unbranched alkanes of at least 4 members (excludes halogenated alkanes) is 24. The fourth-order valence-electron chi connectivity index (χ4n) is 9.67. The Morgan fingerprint density at radius 3 is 0.888 bits per heavy atom. The lowest BCUT2D eigenvalue weighted by atomic mass is 10.1. The van der Waals surface area contributed by atoms with Gasteiger partial charge in [-0.2, -0.15) is 0 Å². The average molecular weight is 1420 g/mol. The largest absolute Gasteiger partial charge is 0.472 e. The van der Waals surface area contributed by atoms with Crippen molar-refractivity contribution in [2.75, 3.05) is 39.6 Å². The molecule has 0 aromatic rings. The van der Waals surface area contributed by atoms with E-state index in [2.05, 4.69) is 149 Å². The molecular formula is C79H134O17P2. The van der Waals surface area contributed by atoms with Gasteiger partial charge in [0, 0.05) is 25.7 Å². The van der Waals surface area contributed by atoms with Crippen molar-refractivity contribution in [1.29, 1.82) is 0 Å². The number of phosphoric acid groups is 2. The quantitative estimate of drug-likeness (QED) is 0.0169. The summed E-state index contributed by atoms with van der Waals surface area (Å²) in [4.78, 5) is 72.8. The number of esters is 4. The molecule has 0 aromatic heterocycles. The molecule has 0 aromatic carbocycles. The summed E-state index contributed by atoms with van der Waals surface area (Å²) in [5.74, 6) is -2.26. The van der Waals surface area contributed by atoms with E-state index in [1.807, 2.05) is 0 Å². The summed E-state index contributed by atoms with van der Waals surface area (Å²) in [6, 6.07) is 0. The zero-order valence-electron chi connectivity index (χ0n) is 61.2. The minimum atomic E-state index is -4.99. The number of aliphatic hydroxyl groups is 1. The minimum absolute atomic E-state index is 0.0378. The van der Waals surface area contributed by atoms with Crippen molar-refractivity contribution in [1.82, 2.24) is 0 Å². The molecule has 0 fully saturated rings. The van der Waals surface area contributed by atoms with E-state index in [-0.39, 0.29) is 25.7 Å². The first-order valence-corrected chi connectivity index (χ1v) is 40.8. The van der Waals surface area contributed by atoms with Crippen molar-refractivity contribution >= 4 is 39.5 Å². The lowest BCUT2D eigenvalue weighted by molar-refractivity contribution is -0.161. The second kappa shape index (κ2) is 70.9. The van der Waals surface area contributed by atoms with Gasteiger partial charge in [-0.25, -0.2) is 9.13 Å². The fraction of sp³-hybridized carbons (Fsp3) is 0.696. The van der Waals surface area contributed by atoms with Crippen LogP contribution in [-0.4, -0.2) is 96.7 Å². The van der Waals surface area contributed by atoms with Gasteiger partial charge in [0.05, 0.1) is 26.4 Å². The van der Waals surface area contributed by atoms with Crippen LogP contribution in [0, 0.1) is 0 Å². The Balaban J connectivity index is 5.40. The van der Waals surface area contributed by atoms with Gasteiger partial charge in [0.15, 0.2) is 12.2 Å². The topological polar surface area (TPSA) is 237 Å². The first-order chi connectivity index (χ1) is 47.7. The first kappa shape index (κ1) is 93.5. The summed E-state index contributed by atoms with van der Waals surface area (Å²) in [5, 5.41) is 10.6. The van der Waals surface area contributed by atoms with E-state index in [0.29, 0.717) is 32.1 Å². The van der Waals surface area contributed by atoms with Crippen molar-refractivity contribution in [2.24, 2.45) is 0 Å². The summed E-state index contributed by atoms with van der Waals surface area (Å²) in [6.45, 7) is 4.48. The van der Waals surface area contributed by atoms with Crippen molar-refractivity contribution < 1.29 is 80.2 Å². The monoisotopic (exact) mass is 1420 g/mol. The normalized spacial score (nSPS) is 14.6. The number of phosphoric ester groups is 2. The molecule has 0 saturated carbocycles. The highest BCUT2D eigenvalue weighted by Crippen LogP contribution is 2.45. The third-order valence-corrected chi connectivity index (χ3v) is 17.3. The smallest absolute Gasteiger partial charge is 0.462 e. The molecule has 0 aliphatic rings. The molecule has 3 N–H and O–H groups in total. The van der Waals surface area contributed by atoms with Crippen molar-refractivity contribution in [2.45, 2.75) is 316 Å². The Bertz CT molecular complexity index is 2340. The van der Waals surface area contributed by atoms with Gasteiger partial charge in [0.2, 0.25) is 0 Å². The molecule has 0 saturated heterocycles. The van der Waals surface area contributed by atoms with Gasteiger partial charge in [-0.05, 0) is 148 Å². The maximum absolute atomic E-state index is 13.1. The molecule has 0 radical (unpaired) electrons. The van der Waals surface area contributed by atoms with Crippen molar-refractivity contribution in [3.8, 4) is 0 Å². The Morgan fingerprint density at radius 1 is 0.296 bits per heavy atom. The Kier molecular flexibility index (Phi) is 67.6. The molecule has 0 aliphatic heterocycles. The molecule has 19 heteroatoms. The van der Waals surface area contributed by atoms with Crippen LogP contribution in [0.4, 0.5) is 0 Å². The zero-order chi connectivity index (χ0) is 71.8. The minimum Gasteiger partial charge on any atom is -0.462 e. The molecule has 562 valence electrons. The molecular weight excluding hydrogens is 1280 g/mol. The standard InChI is InChI=1S/C79H134O17P2/c1-5-9-13-17-21-25-29-33-35-36-38-41-44-48-52-56-60-64-77(82)90-70-75(96-79(84)66-62-58-54-50-46-42-37-34-30-26-22-18-14-10-6-2)72-94-98(87,88)92-68-73(80)67-91-97(85,86)93-71-74(95-78(83)65-61-57-53-49-45-40-32-28-24-20-16-12-8-4)69-89-76(81)63-59-55-51-47-43-39-31-27-23-19-15-11-7-3/h9-10,13-15,19,21-22,25-28,31-35,37,46,50,73-75,80H,5-8,11-12,16-18,20,23-24,29-30,36,38-45,47-49,51-72H2,1-4H3,(H,85,86)(H,87,88)/b13-9-,14-10-,19-15-,25-21-,26-22-,31-27-,32-28-,35-33-,37-34-,50-46-. The van der Waals surface area contributed by atoms with Gasteiger partial charge in [0.1, 0.15) is 19.3 Å². The fourth-order valence-corrected chi connectivity index (χ4v) is 11.2. The van der Waals surface area contributed by atoms with Gasteiger partial charge >= 0.3 is 39.5 Å². The van der Waals surface area contributed by atoms with Crippen molar-refractivity contribution in [3.05, 3.63) is 122 Å². The molecule has 98 heavy (non-hydrogen) atoms. The van der Waals surface area contributed by atoms with Crippen LogP contribution in [0.15, 0.2) is 122 Å². The maximum Gasteiger partial charge on any atom is 0.472 e. The lowest BCUT2D eigenvalue weighted by Crippen LogP contribution is -2.30. The molecule has 0 amide bonds. The molecule has 0 aliphatic carbocycles. The molecule has 0 bridgehead atoms. The number of carbonyl (C=O) groups excluding carboxylic acids is 4. The summed E-state index contributed by atoms with van der Waals surface area (Å²) in [7, 11) is -9.97. The number of carbonyl (C=O) groups is 4. The number of aliphatic hydroxyl groups excluding tert-OH is 1. The predicted octanol–water partition coefficient (Wildman–Crippen LogP) is 21.6. The molecule has 0 rings (SSSR count). The van der Waals surface area contributed by atoms with Crippen molar-refractivity contribution in [3.63, 3.8) is 0 Å². The number of ether oxygens (including phenoxy) is 4. The van der Waals surface area contributed by atoms with E-state index in [1.54, 1.807) is 0 Å². The van der Waals surface area contributed by atoms with E-state index >= 15 is 0 Å². The lowest BCUT2D eigenvalue weighted by Gasteiger charge is -2.21. The molecule has 5 unspecified atom stereocenters. The van der Waals surface area contributed by atoms with Crippen LogP contribution >= 0.6 is 15.6 Å². The first-order valence-electron chi connectivity index (χ1n) is 37.8. The van der Waals surface area contributed by atoms with E-state index in [9.17, 15) is 43.2 Å². The third-order valence-electron chi connectivity index (χ3n) is 15.4. The van der Waals surface area contributed by atoms with Crippen LogP contribution < -0.4 is 0 Å². The average Bonchev–Trinajstić information content (AvgIpc) is 1.02. The Labute approximate surface area is 593 Å². The van der Waals surface area contributed by atoms with E-state index in [0.717, 1.165) is 186 Å². The number of allylic oxidation sites excluding steroid dienone is 20. The van der Waals surface area contributed by atoms with Gasteiger partial charge < -0.3 is 33.8 Å². The SMILES string of the molecule is CC/C=C\C/C=C\C/C=C\C/C=C\CCCCC(=O)OC(COC(=O)CCCCCCCCC/C=C\C/C=C\C/C=C\CC)COP(=O)(O)OCC(O)COP(=O)(O)OCC(COC(=O)CCCCCCC/C=C\C/C=C\CCC)OC(=O)CCCCCCC/C=C\CCCCCC. The van der Waals surface area contributed by atoms with E-state index in [4.69, 9.17) is 37.0 Å². The molecule has 17 nitrogen and oxygen atoms in total. The third kappa shape index (κ3) is 69.9. The predicted molar refractivity (Wildman–Crippen MR) is 399 cm³/mol. The Morgan fingerprint density at radius 2 is 0.551 bits per heavy atom. The number of hydrogen-bond donors (Lipinski definition) is 3. The van der Waals surface area contributed by atoms with Crippen LogP contribution in [0.3, 0.4) is 0 Å². The van der Waals surface area contributed by atoms with Crippen LogP contribution in [0.2, 0.25) is 0 Å². The number of rotatable bonds is 70. The molecule has 5 atom stereocenters. The maximum atomic E-state index is 13.1. The highest BCUT2D eigenvalue weighted by Gasteiger charge is 2.30. The van der Waals surface area contributed by atoms with Crippen LogP contribution in [0.1, 0.15) is 297 Å². The summed E-state index contributed by atoms with van der Waals surface area (Å²) < 4.78 is 68.4. The summed E-state index contributed by atoms with van der Waals surface area (Å²) >= 11 is 0. The van der Waals surface area contributed by atoms with E-state index in [1.165, 1.54) is 25.7 Å². The second-order valence-corrected chi connectivity index (χ2v) is 27.7. The van der Waals surface area contributed by atoms with E-state index < -0.39 is 97.5 Å². The Hall–Kier alpha value is -4.54. The van der Waals surface area contributed by atoms with Crippen LogP contribution in [0.5, 0.6) is 0 Å². The van der Waals surface area contributed by atoms with Gasteiger partial charge in [-0.3, -0.25) is 37.3 Å². The highest BCUT2D eigenvalue weighted by atomic mass is 31.2. The summed E-state index contributed by atoms with van der Waals surface area (Å²) in [6.07, 6.45) is 76.2. The van der Waals surface area contributed by atoms with Gasteiger partial charge in [0.25, 0.3) is 0 Å². The van der Waals surface area contributed by atoms with Crippen LogP contribution in [0.25, 0.3) is 0 Å². The van der Waals surface area contributed by atoms with Gasteiger partial charge in [-0.15, -0.1) is 0 Å². The van der Waals surface area contributed by atoms with Crippen LogP contribution in [-0.2, 0) is 65.4 Å².